The second kappa shape index (κ2) is 9.88. The van der Waals surface area contributed by atoms with Crippen molar-refractivity contribution in [2.24, 2.45) is 11.3 Å². The summed E-state index contributed by atoms with van der Waals surface area (Å²) in [6, 6.07) is 13.5. The summed E-state index contributed by atoms with van der Waals surface area (Å²) >= 11 is 0. The van der Waals surface area contributed by atoms with Crippen LogP contribution in [0, 0.1) is 11.3 Å². The van der Waals surface area contributed by atoms with Gasteiger partial charge in [0.2, 0.25) is 0 Å². The standard InChI is InChI=1S/C40H48N4O3/c1-4-25-23-43-18-15-40-30-9-6-7-10-33(30)44-36(37(45)46-3)28(25)20-35(43)39(40,44)22-26-19-29-27-12-17-42-16-8-13-38(5-2,24-42)14-11-31(27)41-32(29)21-34(26)47-40/h4,6-7,9-10,19,21,28,35-36,41H,5,8,11-18,20,22-24H2,1-3H3/b25-4-/t28-,35-,36-,38+,39+,40-/m0/s1. The van der Waals surface area contributed by atoms with E-state index < -0.39 is 5.60 Å². The first-order valence-electron chi connectivity index (χ1n) is 18.4. The minimum Gasteiger partial charge on any atom is -0.480 e. The highest BCUT2D eigenvalue weighted by Gasteiger charge is 2.76. The first-order chi connectivity index (χ1) is 22.9. The lowest BCUT2D eigenvalue weighted by Crippen LogP contribution is -2.82. The number of aromatic amines is 1. The van der Waals surface area contributed by atoms with E-state index in [1.165, 1.54) is 77.6 Å². The summed E-state index contributed by atoms with van der Waals surface area (Å²) in [5.74, 6) is 1.03. The third-order valence-electron chi connectivity index (χ3n) is 14.3. The van der Waals surface area contributed by atoms with Crippen LogP contribution in [0.3, 0.4) is 0 Å². The van der Waals surface area contributed by atoms with E-state index in [1.807, 2.05) is 0 Å². The lowest BCUT2D eigenvalue weighted by Gasteiger charge is -2.68. The van der Waals surface area contributed by atoms with Crippen LogP contribution in [-0.2, 0) is 34.4 Å². The Morgan fingerprint density at radius 1 is 1.13 bits per heavy atom. The number of H-pyrrole nitrogens is 1. The number of hydrogen-bond donors (Lipinski definition) is 1. The number of aryl methyl sites for hydroxylation is 1. The molecule has 1 N–H and O–H groups in total. The van der Waals surface area contributed by atoms with Crippen LogP contribution in [0.5, 0.6) is 5.75 Å². The Balaban J connectivity index is 1.15. The van der Waals surface area contributed by atoms with E-state index in [0.717, 1.165) is 63.2 Å². The molecule has 7 nitrogen and oxygen atoms in total. The van der Waals surface area contributed by atoms with Crippen LogP contribution >= 0.6 is 0 Å². The fourth-order valence-corrected chi connectivity index (χ4v) is 12.0. The van der Waals surface area contributed by atoms with Gasteiger partial charge in [0.25, 0.3) is 0 Å². The number of nitrogens with one attached hydrogen (secondary N) is 1. The number of esters is 1. The number of carbonyl (C=O) groups is 1. The van der Waals surface area contributed by atoms with Crippen molar-refractivity contribution in [3.63, 3.8) is 0 Å². The SMILES string of the molecule is C/C=C1/CN2CC[C@@]34Oc5cc6[nH]c7c(c6cc5C[C@@]35[C@@H]2C[C@@H]1[C@@H](C(=O)OC)N5c1ccccc14)CCN1CCC[C@](CC)(CC7)C1. The molecular formula is C40H48N4O3. The second-order valence-electron chi connectivity index (χ2n) is 15.9. The van der Waals surface area contributed by atoms with Gasteiger partial charge >= 0.3 is 5.97 Å². The maximum Gasteiger partial charge on any atom is 0.329 e. The summed E-state index contributed by atoms with van der Waals surface area (Å²) < 4.78 is 13.2. The summed E-state index contributed by atoms with van der Waals surface area (Å²) in [7, 11) is 1.56. The van der Waals surface area contributed by atoms with E-state index in [4.69, 9.17) is 9.47 Å². The Morgan fingerprint density at radius 3 is 2.87 bits per heavy atom. The van der Waals surface area contributed by atoms with E-state index in [9.17, 15) is 4.79 Å². The second-order valence-corrected chi connectivity index (χ2v) is 15.9. The van der Waals surface area contributed by atoms with Crippen molar-refractivity contribution in [2.75, 3.05) is 44.7 Å². The minimum atomic E-state index is -0.520. The summed E-state index contributed by atoms with van der Waals surface area (Å²) in [4.78, 5) is 25.9. The fraction of sp³-hybridized carbons (Fsp3) is 0.575. The van der Waals surface area contributed by atoms with Crippen molar-refractivity contribution in [3.8, 4) is 5.75 Å². The molecule has 246 valence electrons. The van der Waals surface area contributed by atoms with Crippen molar-refractivity contribution in [1.82, 2.24) is 14.8 Å². The smallest absolute Gasteiger partial charge is 0.329 e. The summed E-state index contributed by atoms with van der Waals surface area (Å²) in [5, 5.41) is 1.38. The van der Waals surface area contributed by atoms with E-state index in [1.54, 1.807) is 7.11 Å². The molecule has 0 aliphatic carbocycles. The molecule has 4 saturated heterocycles. The van der Waals surface area contributed by atoms with Crippen LogP contribution < -0.4 is 9.64 Å². The van der Waals surface area contributed by atoms with Gasteiger partial charge in [-0.3, -0.25) is 4.90 Å². The van der Waals surface area contributed by atoms with E-state index in [-0.39, 0.29) is 29.5 Å². The molecule has 1 aromatic heterocycles. The molecule has 2 aromatic carbocycles. The molecule has 0 saturated carbocycles. The molecule has 7 atom stereocenters. The minimum absolute atomic E-state index is 0.124. The highest BCUT2D eigenvalue weighted by Crippen LogP contribution is 2.67. The zero-order valence-corrected chi connectivity index (χ0v) is 28.2. The van der Waals surface area contributed by atoms with Gasteiger partial charge in [0, 0.05) is 84.9 Å². The number of benzene rings is 2. The third-order valence-corrected chi connectivity index (χ3v) is 14.3. The van der Waals surface area contributed by atoms with Crippen LogP contribution in [0.15, 0.2) is 48.0 Å². The van der Waals surface area contributed by atoms with E-state index in [0.29, 0.717) is 5.41 Å². The number of methoxy groups -OCH3 is 1. The molecule has 4 bridgehead atoms. The van der Waals surface area contributed by atoms with Crippen LogP contribution in [0.4, 0.5) is 5.69 Å². The molecule has 47 heavy (non-hydrogen) atoms. The molecular weight excluding hydrogens is 584 g/mol. The van der Waals surface area contributed by atoms with Crippen molar-refractivity contribution < 1.29 is 14.3 Å². The topological polar surface area (TPSA) is 61.0 Å². The molecule has 1 spiro atoms. The lowest BCUT2D eigenvalue weighted by molar-refractivity contribution is -0.158. The maximum atomic E-state index is 14.0. The molecule has 1 unspecified atom stereocenters. The molecule has 3 aromatic rings. The summed E-state index contributed by atoms with van der Waals surface area (Å²) in [6.07, 6.45) is 12.4. The van der Waals surface area contributed by atoms with E-state index in [2.05, 4.69) is 76.0 Å². The fourth-order valence-electron chi connectivity index (χ4n) is 12.0. The number of para-hydroxylation sites is 1. The molecule has 4 fully saturated rings. The van der Waals surface area contributed by atoms with Gasteiger partial charge in [0.1, 0.15) is 17.3 Å². The lowest BCUT2D eigenvalue weighted by atomic mass is 9.57. The largest absolute Gasteiger partial charge is 0.480 e. The Labute approximate surface area is 278 Å². The number of allylic oxidation sites excluding steroid dienone is 1. The van der Waals surface area contributed by atoms with Crippen molar-refractivity contribution in [2.45, 2.75) is 94.9 Å². The molecule has 7 aliphatic heterocycles. The summed E-state index contributed by atoms with van der Waals surface area (Å²) in [6.45, 7) is 10.1. The van der Waals surface area contributed by atoms with Crippen LogP contribution in [-0.4, -0.2) is 78.2 Å². The number of fused-ring (bicyclic) bond motifs is 9. The average molecular weight is 633 g/mol. The maximum absolute atomic E-state index is 14.0. The highest BCUT2D eigenvalue weighted by molar-refractivity contribution is 5.89. The van der Waals surface area contributed by atoms with Gasteiger partial charge in [-0.15, -0.1) is 0 Å². The van der Waals surface area contributed by atoms with Gasteiger partial charge in [-0.05, 0) is 87.1 Å². The number of rotatable bonds is 2. The Hall–Kier alpha value is -3.29. The van der Waals surface area contributed by atoms with Crippen LogP contribution in [0.25, 0.3) is 10.9 Å². The van der Waals surface area contributed by atoms with Gasteiger partial charge in [-0.1, -0.05) is 36.8 Å². The monoisotopic (exact) mass is 632 g/mol. The number of aromatic nitrogens is 1. The number of hydrogen-bond acceptors (Lipinski definition) is 6. The Kier molecular flexibility index (Phi) is 6.03. The third kappa shape index (κ3) is 3.58. The number of piperidine rings is 4. The zero-order valence-electron chi connectivity index (χ0n) is 28.2. The predicted octanol–water partition coefficient (Wildman–Crippen LogP) is 6.13. The molecule has 8 heterocycles. The highest BCUT2D eigenvalue weighted by atomic mass is 16.5. The van der Waals surface area contributed by atoms with Gasteiger partial charge in [-0.2, -0.15) is 0 Å². The molecule has 7 aliphatic rings. The Morgan fingerprint density at radius 2 is 2.02 bits per heavy atom. The van der Waals surface area contributed by atoms with E-state index >= 15 is 0 Å². The average Bonchev–Trinajstić information content (AvgIpc) is 3.58. The number of anilines is 1. The van der Waals surface area contributed by atoms with Gasteiger partial charge in [0.05, 0.1) is 7.11 Å². The normalized spacial score (nSPS) is 37.5. The van der Waals surface area contributed by atoms with Crippen molar-refractivity contribution in [3.05, 3.63) is 70.4 Å². The van der Waals surface area contributed by atoms with Crippen molar-refractivity contribution in [1.29, 1.82) is 0 Å². The quantitative estimate of drug-likeness (QED) is 0.271. The molecule has 0 radical (unpaired) electrons. The van der Waals surface area contributed by atoms with Gasteiger partial charge < -0.3 is 24.3 Å². The first kappa shape index (κ1) is 28.7. The van der Waals surface area contributed by atoms with Gasteiger partial charge in [0.15, 0.2) is 5.60 Å². The number of nitrogens with zero attached hydrogens (tertiary/aromatic N) is 3. The first-order valence-corrected chi connectivity index (χ1v) is 18.4. The van der Waals surface area contributed by atoms with Crippen LogP contribution in [0.2, 0.25) is 0 Å². The molecule has 0 amide bonds. The molecule has 7 heteroatoms. The number of ether oxygens (including phenoxy) is 2. The van der Waals surface area contributed by atoms with Gasteiger partial charge in [-0.25, -0.2) is 4.79 Å². The summed E-state index contributed by atoms with van der Waals surface area (Å²) in [5.41, 5.74) is 8.78. The Bertz CT molecular complexity index is 1850. The zero-order chi connectivity index (χ0) is 31.7. The van der Waals surface area contributed by atoms with Crippen molar-refractivity contribution >= 4 is 22.6 Å². The number of carbonyl (C=O) groups excluding carboxylic acids is 1. The molecule has 10 rings (SSSR count). The predicted molar refractivity (Wildman–Crippen MR) is 184 cm³/mol. The van der Waals surface area contributed by atoms with Crippen LogP contribution in [0.1, 0.15) is 74.8 Å².